The van der Waals surface area contributed by atoms with E-state index >= 15 is 0 Å². The molecule has 0 aliphatic rings. The van der Waals surface area contributed by atoms with Gasteiger partial charge in [-0.2, -0.15) is 4.98 Å². The Bertz CT molecular complexity index is 731. The zero-order chi connectivity index (χ0) is 15.4. The number of rotatable bonds is 6. The van der Waals surface area contributed by atoms with E-state index in [0.717, 1.165) is 0 Å². The number of methoxy groups -OCH3 is 1. The fourth-order valence-corrected chi connectivity index (χ4v) is 1.74. The fraction of sp³-hybridized carbons (Fsp3) is 0.455. The van der Waals surface area contributed by atoms with Crippen LogP contribution in [0, 0.1) is 6.92 Å². The number of nitrogen functional groups attached to an aromatic ring is 1. The number of hydrogen-bond donors (Lipinski definition) is 3. The standard InChI is InChI=1S/C11H16N6O4/c1-6-14-7(16-21-6)5-13-8-9(12)17(3-4-20-2)11(19)15-10(8)18/h13H,3-5,12H2,1-2H3,(H,15,18,19). The molecule has 0 radical (unpaired) electrons. The SMILES string of the molecule is COCCn1c(N)c(NCc2noc(C)n2)c(=O)[nH]c1=O. The molecule has 4 N–H and O–H groups in total. The molecule has 0 bridgehead atoms. The predicted octanol–water partition coefficient (Wildman–Crippen LogP) is -0.931. The molecule has 0 fully saturated rings. The average Bonchev–Trinajstić information content (AvgIpc) is 2.84. The second-order valence-corrected chi connectivity index (χ2v) is 4.25. The lowest BCUT2D eigenvalue weighted by Crippen LogP contribution is -2.35. The first-order chi connectivity index (χ1) is 10.0. The van der Waals surface area contributed by atoms with Gasteiger partial charge in [-0.1, -0.05) is 5.16 Å². The quantitative estimate of drug-likeness (QED) is 0.620. The summed E-state index contributed by atoms with van der Waals surface area (Å²) in [4.78, 5) is 29.7. The smallest absolute Gasteiger partial charge is 0.330 e. The van der Waals surface area contributed by atoms with E-state index in [9.17, 15) is 9.59 Å². The summed E-state index contributed by atoms with van der Waals surface area (Å²) >= 11 is 0. The third kappa shape index (κ3) is 3.28. The number of aromatic amines is 1. The van der Waals surface area contributed by atoms with Gasteiger partial charge in [0.1, 0.15) is 11.5 Å². The minimum atomic E-state index is -0.605. The van der Waals surface area contributed by atoms with Crippen LogP contribution in [0.25, 0.3) is 0 Å². The van der Waals surface area contributed by atoms with Gasteiger partial charge in [-0.15, -0.1) is 0 Å². The fourth-order valence-electron chi connectivity index (χ4n) is 1.74. The zero-order valence-electron chi connectivity index (χ0n) is 11.7. The van der Waals surface area contributed by atoms with Crippen molar-refractivity contribution in [3.63, 3.8) is 0 Å². The second kappa shape index (κ2) is 6.22. The van der Waals surface area contributed by atoms with E-state index in [4.69, 9.17) is 15.0 Å². The molecule has 0 aromatic carbocycles. The molecule has 114 valence electrons. The van der Waals surface area contributed by atoms with Crippen LogP contribution in [0.1, 0.15) is 11.7 Å². The van der Waals surface area contributed by atoms with Crippen molar-refractivity contribution in [3.05, 3.63) is 32.6 Å². The average molecular weight is 296 g/mol. The van der Waals surface area contributed by atoms with Crippen molar-refractivity contribution in [3.8, 4) is 0 Å². The first-order valence-electron chi connectivity index (χ1n) is 6.17. The zero-order valence-corrected chi connectivity index (χ0v) is 11.7. The van der Waals surface area contributed by atoms with Gasteiger partial charge >= 0.3 is 5.69 Å². The normalized spacial score (nSPS) is 10.8. The van der Waals surface area contributed by atoms with E-state index in [-0.39, 0.29) is 24.6 Å². The van der Waals surface area contributed by atoms with Crippen molar-refractivity contribution >= 4 is 11.5 Å². The Balaban J connectivity index is 2.26. The van der Waals surface area contributed by atoms with E-state index in [0.29, 0.717) is 18.3 Å². The van der Waals surface area contributed by atoms with Crippen LogP contribution in [-0.2, 0) is 17.8 Å². The molecule has 0 atom stereocenters. The van der Waals surface area contributed by atoms with Gasteiger partial charge in [0, 0.05) is 14.0 Å². The number of hydrogen-bond acceptors (Lipinski definition) is 8. The lowest BCUT2D eigenvalue weighted by molar-refractivity contribution is 0.186. The van der Waals surface area contributed by atoms with Crippen LogP contribution < -0.4 is 22.3 Å². The van der Waals surface area contributed by atoms with Crippen LogP contribution in [0.3, 0.4) is 0 Å². The summed E-state index contributed by atoms with van der Waals surface area (Å²) in [5.41, 5.74) is 4.74. The summed E-state index contributed by atoms with van der Waals surface area (Å²) in [6.45, 7) is 2.32. The Morgan fingerprint density at radius 3 is 2.86 bits per heavy atom. The molecule has 2 aromatic rings. The van der Waals surface area contributed by atoms with E-state index in [1.165, 1.54) is 11.7 Å². The lowest BCUT2D eigenvalue weighted by atomic mass is 10.4. The van der Waals surface area contributed by atoms with Crippen LogP contribution in [0.5, 0.6) is 0 Å². The Morgan fingerprint density at radius 1 is 1.48 bits per heavy atom. The maximum atomic E-state index is 11.8. The molecule has 2 aromatic heterocycles. The number of nitrogens with zero attached hydrogens (tertiary/aromatic N) is 3. The Hall–Kier alpha value is -2.62. The minimum absolute atomic E-state index is 0.0287. The highest BCUT2D eigenvalue weighted by Crippen LogP contribution is 2.11. The highest BCUT2D eigenvalue weighted by Gasteiger charge is 2.13. The van der Waals surface area contributed by atoms with Gasteiger partial charge in [0.25, 0.3) is 5.56 Å². The lowest BCUT2D eigenvalue weighted by Gasteiger charge is -2.12. The maximum absolute atomic E-state index is 11.8. The van der Waals surface area contributed by atoms with Crippen LogP contribution in [-0.4, -0.2) is 33.4 Å². The van der Waals surface area contributed by atoms with Gasteiger partial charge in [-0.25, -0.2) is 4.79 Å². The van der Waals surface area contributed by atoms with E-state index < -0.39 is 11.2 Å². The third-order valence-electron chi connectivity index (χ3n) is 2.75. The van der Waals surface area contributed by atoms with E-state index in [1.807, 2.05) is 0 Å². The summed E-state index contributed by atoms with van der Waals surface area (Å²) in [7, 11) is 1.50. The molecule has 21 heavy (non-hydrogen) atoms. The number of aromatic nitrogens is 4. The Kier molecular flexibility index (Phi) is 4.38. The first-order valence-corrected chi connectivity index (χ1v) is 6.17. The van der Waals surface area contributed by atoms with Crippen molar-refractivity contribution in [2.24, 2.45) is 0 Å². The van der Waals surface area contributed by atoms with E-state index in [2.05, 4.69) is 20.4 Å². The minimum Gasteiger partial charge on any atom is -0.383 e. The molecule has 2 rings (SSSR count). The summed E-state index contributed by atoms with van der Waals surface area (Å²) in [5.74, 6) is 0.820. The van der Waals surface area contributed by atoms with Gasteiger partial charge in [-0.05, 0) is 0 Å². The van der Waals surface area contributed by atoms with Crippen LogP contribution in [0.4, 0.5) is 11.5 Å². The molecule has 0 aliphatic carbocycles. The molecule has 0 amide bonds. The van der Waals surface area contributed by atoms with Crippen molar-refractivity contribution in [1.82, 2.24) is 19.7 Å². The van der Waals surface area contributed by atoms with E-state index in [1.54, 1.807) is 6.92 Å². The topological polar surface area (TPSA) is 141 Å². The molecular weight excluding hydrogens is 280 g/mol. The number of nitrogens with one attached hydrogen (secondary N) is 2. The monoisotopic (exact) mass is 296 g/mol. The molecule has 0 unspecified atom stereocenters. The van der Waals surface area contributed by atoms with Crippen LogP contribution >= 0.6 is 0 Å². The third-order valence-corrected chi connectivity index (χ3v) is 2.75. The number of ether oxygens (including phenoxy) is 1. The molecule has 10 nitrogen and oxygen atoms in total. The van der Waals surface area contributed by atoms with Gasteiger partial charge in [0.2, 0.25) is 5.89 Å². The molecule has 2 heterocycles. The highest BCUT2D eigenvalue weighted by molar-refractivity contribution is 5.60. The number of anilines is 2. The molecule has 10 heteroatoms. The van der Waals surface area contributed by atoms with Crippen LogP contribution in [0.2, 0.25) is 0 Å². The number of H-pyrrole nitrogens is 1. The number of aryl methyl sites for hydroxylation is 1. The summed E-state index contributed by atoms with van der Waals surface area (Å²) in [6.07, 6.45) is 0. The molecule has 0 saturated heterocycles. The molecule has 0 saturated carbocycles. The van der Waals surface area contributed by atoms with Gasteiger partial charge < -0.3 is 20.3 Å². The van der Waals surface area contributed by atoms with Gasteiger partial charge in [0.05, 0.1) is 19.7 Å². The maximum Gasteiger partial charge on any atom is 0.330 e. The summed E-state index contributed by atoms with van der Waals surface area (Å²) in [5, 5.41) is 6.49. The van der Waals surface area contributed by atoms with Crippen molar-refractivity contribution in [2.75, 3.05) is 24.8 Å². The van der Waals surface area contributed by atoms with Crippen LogP contribution in [0.15, 0.2) is 14.1 Å². The Labute approximate surface area is 118 Å². The van der Waals surface area contributed by atoms with Crippen molar-refractivity contribution in [1.29, 1.82) is 0 Å². The Morgan fingerprint density at radius 2 is 2.24 bits per heavy atom. The second-order valence-electron chi connectivity index (χ2n) is 4.25. The predicted molar refractivity (Wildman–Crippen MR) is 74.0 cm³/mol. The molecular formula is C11H16N6O4. The largest absolute Gasteiger partial charge is 0.383 e. The van der Waals surface area contributed by atoms with Crippen molar-refractivity contribution < 1.29 is 9.26 Å². The summed E-state index contributed by atoms with van der Waals surface area (Å²) in [6, 6.07) is 0. The van der Waals surface area contributed by atoms with Crippen molar-refractivity contribution in [2.45, 2.75) is 20.0 Å². The highest BCUT2D eigenvalue weighted by atomic mass is 16.5. The van der Waals surface area contributed by atoms with Gasteiger partial charge in [0.15, 0.2) is 5.82 Å². The first kappa shape index (κ1) is 14.8. The molecule has 0 spiro atoms. The summed E-state index contributed by atoms with van der Waals surface area (Å²) < 4.78 is 10.9. The number of nitrogens with two attached hydrogens (primary N) is 1. The van der Waals surface area contributed by atoms with Gasteiger partial charge in [-0.3, -0.25) is 14.3 Å². The molecule has 0 aliphatic heterocycles.